The van der Waals surface area contributed by atoms with Crippen molar-refractivity contribution in [3.63, 3.8) is 0 Å². The van der Waals surface area contributed by atoms with Gasteiger partial charge in [-0.25, -0.2) is 4.79 Å². The third-order valence-electron chi connectivity index (χ3n) is 2.64. The summed E-state index contributed by atoms with van der Waals surface area (Å²) in [6.45, 7) is 0.979. The van der Waals surface area contributed by atoms with E-state index in [1.54, 1.807) is 6.08 Å². The van der Waals surface area contributed by atoms with Gasteiger partial charge in [-0.05, 0) is 12.8 Å². The maximum Gasteiger partial charge on any atom is 0.328 e. The molecule has 1 N–H and O–H groups in total. The third-order valence-corrected chi connectivity index (χ3v) is 3.56. The van der Waals surface area contributed by atoms with E-state index in [1.165, 1.54) is 31.0 Å². The van der Waals surface area contributed by atoms with Crippen molar-refractivity contribution < 1.29 is 9.90 Å². The number of carboxylic acids is 1. The third kappa shape index (κ3) is 3.33. The molecule has 0 spiro atoms. The molecule has 1 aromatic rings. The first-order valence-corrected chi connectivity index (χ1v) is 6.70. The molecule has 1 aromatic heterocycles. The average molecular weight is 253 g/mol. The lowest BCUT2D eigenvalue weighted by molar-refractivity contribution is -0.131. The van der Waals surface area contributed by atoms with Crippen LogP contribution in [0.25, 0.3) is 0 Å². The second-order valence-corrected chi connectivity index (χ2v) is 4.90. The van der Waals surface area contributed by atoms with Crippen LogP contribution in [0.15, 0.2) is 17.3 Å². The molecule has 0 bridgehead atoms. The quantitative estimate of drug-likeness (QED) is 0.654. The van der Waals surface area contributed by atoms with Gasteiger partial charge in [0.1, 0.15) is 5.82 Å². The Hall–Kier alpha value is -1.30. The van der Waals surface area contributed by atoms with Gasteiger partial charge in [-0.1, -0.05) is 24.3 Å². The number of thioether (sulfide) groups is 1. The molecule has 92 valence electrons. The Morgan fingerprint density at radius 2 is 2.29 bits per heavy atom. The van der Waals surface area contributed by atoms with E-state index in [-0.39, 0.29) is 0 Å². The van der Waals surface area contributed by atoms with Crippen molar-refractivity contribution in [1.82, 2.24) is 14.8 Å². The summed E-state index contributed by atoms with van der Waals surface area (Å²) >= 11 is 1.53. The monoisotopic (exact) mass is 253 g/mol. The Bertz CT molecular complexity index is 428. The SMILES string of the molecule is O=C(O)C=CCSc1nnc2n1CCCCC2. The number of carbonyl (C=O) groups is 1. The number of aryl methyl sites for hydroxylation is 1. The molecule has 0 saturated carbocycles. The maximum absolute atomic E-state index is 10.3. The molecule has 2 heterocycles. The molecule has 6 heteroatoms. The lowest BCUT2D eigenvalue weighted by atomic mass is 10.2. The zero-order valence-corrected chi connectivity index (χ0v) is 10.3. The van der Waals surface area contributed by atoms with E-state index in [9.17, 15) is 4.79 Å². The normalized spacial score (nSPS) is 15.8. The highest BCUT2D eigenvalue weighted by molar-refractivity contribution is 7.99. The van der Waals surface area contributed by atoms with Crippen molar-refractivity contribution in [2.45, 2.75) is 37.4 Å². The minimum absolute atomic E-state index is 0.616. The fraction of sp³-hybridized carbons (Fsp3) is 0.545. The first kappa shape index (κ1) is 12.2. The van der Waals surface area contributed by atoms with Crippen LogP contribution in [-0.4, -0.2) is 31.6 Å². The molecule has 1 aliphatic rings. The Morgan fingerprint density at radius 1 is 1.41 bits per heavy atom. The lowest BCUT2D eigenvalue weighted by Crippen LogP contribution is -2.02. The molecule has 5 nitrogen and oxygen atoms in total. The highest BCUT2D eigenvalue weighted by Gasteiger charge is 2.14. The number of fused-ring (bicyclic) bond motifs is 1. The van der Waals surface area contributed by atoms with Crippen LogP contribution in [0.4, 0.5) is 0 Å². The molecule has 0 unspecified atom stereocenters. The van der Waals surface area contributed by atoms with E-state index in [0.717, 1.165) is 30.0 Å². The molecule has 0 radical (unpaired) electrons. The molecule has 0 aromatic carbocycles. The molecule has 0 atom stereocenters. The van der Waals surface area contributed by atoms with Crippen molar-refractivity contribution in [1.29, 1.82) is 0 Å². The predicted octanol–water partition coefficient (Wildman–Crippen LogP) is 1.74. The van der Waals surface area contributed by atoms with Gasteiger partial charge in [-0.3, -0.25) is 0 Å². The van der Waals surface area contributed by atoms with Crippen LogP contribution in [0, 0.1) is 0 Å². The largest absolute Gasteiger partial charge is 0.478 e. The first-order chi connectivity index (χ1) is 8.27. The Kier molecular flexibility index (Phi) is 4.19. The minimum Gasteiger partial charge on any atom is -0.478 e. The highest BCUT2D eigenvalue weighted by atomic mass is 32.2. The molecule has 0 fully saturated rings. The van der Waals surface area contributed by atoms with Crippen molar-refractivity contribution in [3.8, 4) is 0 Å². The van der Waals surface area contributed by atoms with Crippen LogP contribution in [0.2, 0.25) is 0 Å². The number of aromatic nitrogens is 3. The molecule has 0 saturated heterocycles. The van der Waals surface area contributed by atoms with Crippen LogP contribution >= 0.6 is 11.8 Å². The lowest BCUT2D eigenvalue weighted by Gasteiger charge is -2.04. The number of hydrogen-bond acceptors (Lipinski definition) is 4. The highest BCUT2D eigenvalue weighted by Crippen LogP contribution is 2.21. The summed E-state index contributed by atoms with van der Waals surface area (Å²) < 4.78 is 2.16. The Labute approximate surface area is 104 Å². The van der Waals surface area contributed by atoms with Crippen molar-refractivity contribution in [3.05, 3.63) is 18.0 Å². The van der Waals surface area contributed by atoms with E-state index in [2.05, 4.69) is 14.8 Å². The average Bonchev–Trinajstić information content (AvgIpc) is 2.54. The van der Waals surface area contributed by atoms with E-state index in [0.29, 0.717) is 5.75 Å². The summed E-state index contributed by atoms with van der Waals surface area (Å²) in [5.41, 5.74) is 0. The molecular weight excluding hydrogens is 238 g/mol. The van der Waals surface area contributed by atoms with Crippen molar-refractivity contribution in [2.24, 2.45) is 0 Å². The molecule has 17 heavy (non-hydrogen) atoms. The van der Waals surface area contributed by atoms with Crippen molar-refractivity contribution >= 4 is 17.7 Å². The van der Waals surface area contributed by atoms with Gasteiger partial charge in [0.05, 0.1) is 0 Å². The maximum atomic E-state index is 10.3. The number of rotatable bonds is 4. The second-order valence-electron chi connectivity index (χ2n) is 3.91. The van der Waals surface area contributed by atoms with Crippen LogP contribution in [0.5, 0.6) is 0 Å². The van der Waals surface area contributed by atoms with Crippen molar-refractivity contribution in [2.75, 3.05) is 5.75 Å². The Morgan fingerprint density at radius 3 is 3.12 bits per heavy atom. The summed E-state index contributed by atoms with van der Waals surface area (Å²) in [6.07, 6.45) is 7.38. The van der Waals surface area contributed by atoms with Gasteiger partial charge in [0, 0.05) is 24.8 Å². The molecule has 0 amide bonds. The molecule has 2 rings (SSSR count). The standard InChI is InChI=1S/C11H15N3O2S/c15-10(16)6-4-8-17-11-13-12-9-5-2-1-3-7-14(9)11/h4,6H,1-3,5,7-8H2,(H,15,16). The fourth-order valence-corrected chi connectivity index (χ4v) is 2.63. The Balaban J connectivity index is 1.97. The number of hydrogen-bond donors (Lipinski definition) is 1. The van der Waals surface area contributed by atoms with Crippen LogP contribution < -0.4 is 0 Å². The molecule has 1 aliphatic heterocycles. The van der Waals surface area contributed by atoms with Gasteiger partial charge in [-0.2, -0.15) is 0 Å². The predicted molar refractivity (Wildman–Crippen MR) is 65.1 cm³/mol. The molecular formula is C11H15N3O2S. The van der Waals surface area contributed by atoms with Gasteiger partial charge in [0.15, 0.2) is 5.16 Å². The molecule has 0 aliphatic carbocycles. The fourth-order valence-electron chi connectivity index (χ4n) is 1.84. The van der Waals surface area contributed by atoms with Gasteiger partial charge in [0.25, 0.3) is 0 Å². The van der Waals surface area contributed by atoms with E-state index >= 15 is 0 Å². The summed E-state index contributed by atoms with van der Waals surface area (Å²) in [5.74, 6) is 0.766. The summed E-state index contributed by atoms with van der Waals surface area (Å²) in [7, 11) is 0. The topological polar surface area (TPSA) is 68.0 Å². The summed E-state index contributed by atoms with van der Waals surface area (Å²) in [5, 5.41) is 17.7. The number of aliphatic carboxylic acids is 1. The van der Waals surface area contributed by atoms with Gasteiger partial charge in [-0.15, -0.1) is 10.2 Å². The second kappa shape index (κ2) is 5.86. The van der Waals surface area contributed by atoms with E-state index in [1.807, 2.05) is 0 Å². The van der Waals surface area contributed by atoms with E-state index in [4.69, 9.17) is 5.11 Å². The van der Waals surface area contributed by atoms with Crippen LogP contribution in [-0.2, 0) is 17.8 Å². The van der Waals surface area contributed by atoms with Gasteiger partial charge in [0.2, 0.25) is 0 Å². The number of nitrogens with zero attached hydrogens (tertiary/aromatic N) is 3. The number of carboxylic acid groups (broad SMARTS) is 1. The summed E-state index contributed by atoms with van der Waals surface area (Å²) in [6, 6.07) is 0. The van der Waals surface area contributed by atoms with Crippen LogP contribution in [0.3, 0.4) is 0 Å². The smallest absolute Gasteiger partial charge is 0.328 e. The van der Waals surface area contributed by atoms with Gasteiger partial charge < -0.3 is 9.67 Å². The zero-order valence-electron chi connectivity index (χ0n) is 9.50. The van der Waals surface area contributed by atoms with E-state index < -0.39 is 5.97 Å². The zero-order chi connectivity index (χ0) is 12.1. The minimum atomic E-state index is -0.911. The first-order valence-electron chi connectivity index (χ1n) is 5.71. The van der Waals surface area contributed by atoms with Crippen LogP contribution in [0.1, 0.15) is 25.1 Å². The van der Waals surface area contributed by atoms with Gasteiger partial charge >= 0.3 is 5.97 Å². The summed E-state index contributed by atoms with van der Waals surface area (Å²) in [4.78, 5) is 10.3.